The number of ether oxygens (including phenoxy) is 9. The summed E-state index contributed by atoms with van der Waals surface area (Å²) >= 11 is 0. The second-order valence-electron chi connectivity index (χ2n) is 18.0. The van der Waals surface area contributed by atoms with Crippen LogP contribution >= 0.6 is 0 Å². The number of fused-ring (bicyclic) bond motifs is 1. The number of esters is 2. The molecule has 18 heteroatoms. The highest BCUT2D eigenvalue weighted by molar-refractivity contribution is 5.85. The van der Waals surface area contributed by atoms with Gasteiger partial charge in [-0.1, -0.05) is 27.7 Å². The minimum absolute atomic E-state index is 0.0478. The van der Waals surface area contributed by atoms with Crippen LogP contribution in [0.3, 0.4) is 0 Å². The highest BCUT2D eigenvalue weighted by atomic mass is 16.7. The van der Waals surface area contributed by atoms with Gasteiger partial charge >= 0.3 is 24.1 Å². The van der Waals surface area contributed by atoms with Gasteiger partial charge < -0.3 is 63.7 Å². The molecule has 0 aliphatic carbocycles. The fourth-order valence-corrected chi connectivity index (χ4v) is 9.85. The van der Waals surface area contributed by atoms with Gasteiger partial charge in [-0.3, -0.25) is 14.4 Å². The molecule has 0 aromatic heterocycles. The average molecular weight is 844 g/mol. The predicted octanol–water partition coefficient (Wildman–Crippen LogP) is 3.21. The molecule has 0 bridgehead atoms. The fourth-order valence-electron chi connectivity index (χ4n) is 9.85. The van der Waals surface area contributed by atoms with E-state index in [0.717, 1.165) is 0 Å². The molecule has 4 fully saturated rings. The number of nitrogens with zero attached hydrogens (tertiary/aromatic N) is 1. The Morgan fingerprint density at radius 1 is 0.949 bits per heavy atom. The third-order valence-electron chi connectivity index (χ3n) is 13.0. The molecule has 4 rings (SSSR count). The summed E-state index contributed by atoms with van der Waals surface area (Å²) in [5.41, 5.74) is 1.49. The molecule has 4 aliphatic rings. The summed E-state index contributed by atoms with van der Waals surface area (Å²) in [6.45, 7) is 18.3. The molecule has 18 atom stereocenters. The summed E-state index contributed by atoms with van der Waals surface area (Å²) in [6, 6.07) is -1.30. The van der Waals surface area contributed by atoms with Crippen molar-refractivity contribution in [2.75, 3.05) is 21.2 Å². The number of carbonyl (C=O) groups excluding carboxylic acids is 5. The van der Waals surface area contributed by atoms with Gasteiger partial charge in [0.05, 0.1) is 30.3 Å². The lowest BCUT2D eigenvalue weighted by Crippen LogP contribution is -2.62. The van der Waals surface area contributed by atoms with E-state index in [9.17, 15) is 29.1 Å². The number of methoxy groups -OCH3 is 1. The minimum Gasteiger partial charge on any atom is -0.458 e. The molecule has 0 saturated carbocycles. The highest BCUT2D eigenvalue weighted by Crippen LogP contribution is 2.43. The molecule has 4 heterocycles. The first-order chi connectivity index (χ1) is 27.3. The molecular weight excluding hydrogens is 774 g/mol. The molecule has 59 heavy (non-hydrogen) atoms. The van der Waals surface area contributed by atoms with Crippen LogP contribution in [0.25, 0.3) is 0 Å². The van der Waals surface area contributed by atoms with Crippen molar-refractivity contribution in [3.63, 3.8) is 0 Å². The van der Waals surface area contributed by atoms with E-state index in [4.69, 9.17) is 48.4 Å². The predicted molar refractivity (Wildman–Crippen MR) is 209 cm³/mol. The number of hydrogen-bond donors (Lipinski definition) is 3. The monoisotopic (exact) mass is 843 g/mol. The Morgan fingerprint density at radius 3 is 2.15 bits per heavy atom. The van der Waals surface area contributed by atoms with Crippen LogP contribution < -0.4 is 11.1 Å². The second kappa shape index (κ2) is 18.9. The van der Waals surface area contributed by atoms with Crippen LogP contribution in [-0.4, -0.2) is 145 Å². The lowest BCUT2D eigenvalue weighted by molar-refractivity contribution is -0.318. The molecule has 0 aromatic rings. The Balaban J connectivity index is 1.92. The Labute approximate surface area is 348 Å². The summed E-state index contributed by atoms with van der Waals surface area (Å²) in [6.07, 6.45) is -10.2. The van der Waals surface area contributed by atoms with Crippen LogP contribution in [0.2, 0.25) is 0 Å². The number of rotatable bonds is 9. The van der Waals surface area contributed by atoms with Gasteiger partial charge in [-0.05, 0) is 74.9 Å². The molecule has 4 aliphatic heterocycles. The van der Waals surface area contributed by atoms with Gasteiger partial charge in [0.25, 0.3) is 0 Å². The molecule has 338 valence electrons. The lowest BCUT2D eigenvalue weighted by atomic mass is 9.73. The number of aliphatic hydroxyl groups excluding tert-OH is 1. The van der Waals surface area contributed by atoms with Gasteiger partial charge in [0, 0.05) is 44.2 Å². The first-order valence-corrected chi connectivity index (χ1v) is 20.7. The van der Waals surface area contributed by atoms with Crippen molar-refractivity contribution in [3.05, 3.63) is 0 Å². The zero-order chi connectivity index (χ0) is 44.5. The van der Waals surface area contributed by atoms with Crippen molar-refractivity contribution in [2.24, 2.45) is 29.4 Å². The van der Waals surface area contributed by atoms with E-state index in [1.165, 1.54) is 14.0 Å². The number of carbonyl (C=O) groups is 5. The molecule has 4 N–H and O–H groups in total. The van der Waals surface area contributed by atoms with Crippen molar-refractivity contribution in [1.82, 2.24) is 10.2 Å². The van der Waals surface area contributed by atoms with Crippen molar-refractivity contribution in [1.29, 1.82) is 0 Å². The van der Waals surface area contributed by atoms with Gasteiger partial charge in [-0.25, -0.2) is 9.59 Å². The molecule has 18 nitrogen and oxygen atoms in total. The van der Waals surface area contributed by atoms with Crippen LogP contribution in [0.5, 0.6) is 0 Å². The van der Waals surface area contributed by atoms with Crippen molar-refractivity contribution >= 4 is 29.9 Å². The number of primary amides is 1. The first kappa shape index (κ1) is 48.5. The average Bonchev–Trinajstić information content (AvgIpc) is 3.46. The maximum absolute atomic E-state index is 14.6. The molecule has 1 unspecified atom stereocenters. The molecule has 0 spiro atoms. The Morgan fingerprint density at radius 2 is 1.59 bits per heavy atom. The Hall–Kier alpha value is -3.13. The van der Waals surface area contributed by atoms with E-state index in [2.05, 4.69) is 5.32 Å². The third-order valence-corrected chi connectivity index (χ3v) is 13.0. The smallest absolute Gasteiger partial charge is 0.408 e. The van der Waals surface area contributed by atoms with E-state index in [0.29, 0.717) is 6.42 Å². The van der Waals surface area contributed by atoms with Gasteiger partial charge in [0.15, 0.2) is 24.3 Å². The van der Waals surface area contributed by atoms with E-state index in [-0.39, 0.29) is 37.2 Å². The normalized spacial score (nSPS) is 45.0. The minimum atomic E-state index is -1.74. The van der Waals surface area contributed by atoms with Crippen molar-refractivity contribution < 1.29 is 71.7 Å². The highest BCUT2D eigenvalue weighted by Gasteiger charge is 2.58. The topological polar surface area (TPSA) is 230 Å². The number of hydrogen-bond acceptors (Lipinski definition) is 16. The van der Waals surface area contributed by atoms with Gasteiger partial charge in [-0.2, -0.15) is 0 Å². The number of cyclic esters (lactones) is 1. The number of aliphatic hydroxyl groups is 1. The van der Waals surface area contributed by atoms with E-state index in [1.807, 2.05) is 25.9 Å². The maximum Gasteiger partial charge on any atom is 0.408 e. The second-order valence-corrected chi connectivity index (χ2v) is 18.0. The van der Waals surface area contributed by atoms with Gasteiger partial charge in [0.2, 0.25) is 0 Å². The molecular formula is C41H69N3O15. The fraction of sp³-hybridized carbons (Fsp3) is 0.878. The first-order valence-electron chi connectivity index (χ1n) is 20.7. The summed E-state index contributed by atoms with van der Waals surface area (Å²) in [5.74, 6) is -5.32. The van der Waals surface area contributed by atoms with Crippen molar-refractivity contribution in [3.8, 4) is 0 Å². The number of nitrogens with one attached hydrogen (secondary N) is 1. The van der Waals surface area contributed by atoms with Gasteiger partial charge in [0.1, 0.15) is 35.3 Å². The number of ketones is 1. The van der Waals surface area contributed by atoms with Crippen LogP contribution in [0, 0.1) is 23.7 Å². The Kier molecular flexibility index (Phi) is 15.5. The number of Topliss-reactive ketones (excluding diaryl/α,β-unsaturated/α-hetero) is 1. The largest absolute Gasteiger partial charge is 0.458 e. The number of amides is 2. The quantitative estimate of drug-likeness (QED) is 0.224. The van der Waals surface area contributed by atoms with Crippen LogP contribution in [0.4, 0.5) is 9.59 Å². The van der Waals surface area contributed by atoms with Gasteiger partial charge in [-0.15, -0.1) is 0 Å². The maximum atomic E-state index is 14.6. The number of alkyl carbamates (subject to hydrolysis) is 1. The molecule has 0 radical (unpaired) electrons. The summed E-state index contributed by atoms with van der Waals surface area (Å²) in [4.78, 5) is 68.8. The number of nitrogens with two attached hydrogens (primary N) is 1. The standard InChI is InChI=1S/C41H69N3O15/c1-15-27-41(11)32(43-38(50)59-41)21(4)29(46)19(2)17-40(10,58-37(42)49)33(57-36-30(47)26(44(12)13)16-20(3)52-36)22(5)31(23(6)35(48)55-27)56-28-18-39(9,51-14)34(24(7)53-28)54-25(8)45/h19-24,26-28,30-34,36,47H,15-18H2,1-14H3,(H2,42,49)(H,43,50)/t19-,20-,21?,22+,23-,24+,26+,27-,28+,30-,31+,32-,33-,34+,36+,39-,40-,41-/m1/s1. The van der Waals surface area contributed by atoms with E-state index >= 15 is 0 Å². The molecule has 4 saturated heterocycles. The third kappa shape index (κ3) is 10.3. The summed E-state index contributed by atoms with van der Waals surface area (Å²) in [5, 5.41) is 14.5. The molecule has 2 amide bonds. The summed E-state index contributed by atoms with van der Waals surface area (Å²) < 4.78 is 55.7. The number of likely N-dealkylation sites (N-methyl/N-ethyl adjacent to an activating group) is 1. The molecule has 0 aromatic carbocycles. The SMILES string of the molecule is CC[C@H]1OC(=O)[C@H](C)[C@@H](O[C@H]2C[C@@](C)(OC)[C@@H](OC(C)=O)[C@H](C)O2)[C@H](C)[C@@H](O[C@@H]2O[C@H](C)C[C@H](N(C)C)[C@H]2O)[C@](C)(OC(N)=O)C[C@@H](C)C(=O)C(C)[C@H]2NC(=O)O[C@@]21C. The Bertz CT molecular complexity index is 1530. The van der Waals surface area contributed by atoms with Crippen LogP contribution in [0.15, 0.2) is 0 Å². The zero-order valence-corrected chi connectivity index (χ0v) is 37.2. The lowest BCUT2D eigenvalue weighted by Gasteiger charge is -2.50. The van der Waals surface area contributed by atoms with E-state index < -0.39 is 120 Å². The van der Waals surface area contributed by atoms with Crippen LogP contribution in [0.1, 0.15) is 102 Å². The van der Waals surface area contributed by atoms with E-state index in [1.54, 1.807) is 62.3 Å². The van der Waals surface area contributed by atoms with Crippen molar-refractivity contribution in [2.45, 2.75) is 186 Å². The van der Waals surface area contributed by atoms with Crippen LogP contribution in [-0.2, 0) is 57.0 Å². The zero-order valence-electron chi connectivity index (χ0n) is 37.2. The summed E-state index contributed by atoms with van der Waals surface area (Å²) in [7, 11) is 5.14.